The molecule has 0 radical (unpaired) electrons. The van der Waals surface area contributed by atoms with E-state index < -0.39 is 0 Å². The molecule has 1 aliphatic rings. The Balaban J connectivity index is 1.64. The first kappa shape index (κ1) is 17.5. The summed E-state index contributed by atoms with van der Waals surface area (Å²) in [5, 5.41) is 13.2. The molecule has 0 saturated heterocycles. The van der Waals surface area contributed by atoms with E-state index in [1.54, 1.807) is 18.4 Å². The second kappa shape index (κ2) is 7.71. The number of rotatable bonds is 5. The Morgan fingerprint density at radius 1 is 1.40 bits per heavy atom. The molecule has 3 rings (SSSR count). The van der Waals surface area contributed by atoms with Crippen LogP contribution in [0.5, 0.6) is 5.75 Å². The van der Waals surface area contributed by atoms with E-state index in [1.165, 1.54) is 4.88 Å². The second-order valence-electron chi connectivity index (χ2n) is 6.56. The van der Waals surface area contributed by atoms with Crippen LogP contribution in [0.3, 0.4) is 0 Å². The van der Waals surface area contributed by atoms with Crippen LogP contribution in [-0.2, 0) is 24.1 Å². The highest BCUT2D eigenvalue weighted by atomic mass is 32.1. The third-order valence-corrected chi connectivity index (χ3v) is 5.85. The number of benzene rings is 1. The number of nitrogens with one attached hydrogen (secondary N) is 1. The third kappa shape index (κ3) is 4.02. The standard InChI is InChI=1S/C20H22N2O2S/c1-13-3-9-16-17(12-21)20(25-18(16)11-13)22-19(23)10-6-14-4-7-15(24-2)8-5-14/h4-5,7-8,13H,3,6,9-11H2,1-2H3,(H,22,23). The van der Waals surface area contributed by atoms with E-state index >= 15 is 0 Å². The fourth-order valence-corrected chi connectivity index (χ4v) is 4.57. The van der Waals surface area contributed by atoms with Gasteiger partial charge in [0.1, 0.15) is 16.8 Å². The molecular weight excluding hydrogens is 332 g/mol. The van der Waals surface area contributed by atoms with Crippen molar-refractivity contribution < 1.29 is 9.53 Å². The van der Waals surface area contributed by atoms with Crippen LogP contribution in [0.2, 0.25) is 0 Å². The summed E-state index contributed by atoms with van der Waals surface area (Å²) in [4.78, 5) is 13.6. The minimum Gasteiger partial charge on any atom is -0.497 e. The average molecular weight is 354 g/mol. The quantitative estimate of drug-likeness (QED) is 0.869. The Morgan fingerprint density at radius 3 is 2.84 bits per heavy atom. The number of thiophene rings is 1. The second-order valence-corrected chi connectivity index (χ2v) is 7.67. The molecule has 25 heavy (non-hydrogen) atoms. The monoisotopic (exact) mass is 354 g/mol. The van der Waals surface area contributed by atoms with Crippen LogP contribution in [0.4, 0.5) is 5.00 Å². The van der Waals surface area contributed by atoms with E-state index in [0.29, 0.717) is 24.3 Å². The molecule has 1 aromatic heterocycles. The van der Waals surface area contributed by atoms with Crippen molar-refractivity contribution in [1.82, 2.24) is 0 Å². The number of carbonyl (C=O) groups is 1. The maximum Gasteiger partial charge on any atom is 0.225 e. The van der Waals surface area contributed by atoms with Gasteiger partial charge < -0.3 is 10.1 Å². The summed E-state index contributed by atoms with van der Waals surface area (Å²) in [6, 6.07) is 10.0. The highest BCUT2D eigenvalue weighted by Gasteiger charge is 2.24. The lowest BCUT2D eigenvalue weighted by molar-refractivity contribution is -0.116. The van der Waals surface area contributed by atoms with Crippen molar-refractivity contribution in [1.29, 1.82) is 5.26 Å². The molecule has 2 aromatic rings. The van der Waals surface area contributed by atoms with E-state index in [-0.39, 0.29) is 5.91 Å². The van der Waals surface area contributed by atoms with Crippen molar-refractivity contribution in [3.8, 4) is 11.8 Å². The molecule has 1 aromatic carbocycles. The number of methoxy groups -OCH3 is 1. The number of aryl methyl sites for hydroxylation is 1. The topological polar surface area (TPSA) is 62.1 Å². The van der Waals surface area contributed by atoms with Gasteiger partial charge in [-0.25, -0.2) is 0 Å². The Morgan fingerprint density at radius 2 is 2.16 bits per heavy atom. The first-order valence-corrected chi connectivity index (χ1v) is 9.39. The molecule has 1 amide bonds. The molecule has 0 spiro atoms. The summed E-state index contributed by atoms with van der Waals surface area (Å²) in [7, 11) is 1.64. The Hall–Kier alpha value is -2.32. The van der Waals surface area contributed by atoms with Gasteiger partial charge in [0.15, 0.2) is 0 Å². The molecule has 0 bridgehead atoms. The first-order chi connectivity index (χ1) is 12.1. The van der Waals surface area contributed by atoms with Gasteiger partial charge in [-0.1, -0.05) is 19.1 Å². The minimum absolute atomic E-state index is 0.0426. The van der Waals surface area contributed by atoms with Crippen molar-refractivity contribution >= 4 is 22.2 Å². The molecule has 0 aliphatic heterocycles. The number of ether oxygens (including phenoxy) is 1. The summed E-state index contributed by atoms with van der Waals surface area (Å²) in [5.41, 5.74) is 2.91. The molecule has 1 N–H and O–H groups in total. The minimum atomic E-state index is -0.0426. The number of carbonyl (C=O) groups excluding carboxylic acids is 1. The van der Waals surface area contributed by atoms with Gasteiger partial charge >= 0.3 is 0 Å². The third-order valence-electron chi connectivity index (χ3n) is 4.68. The zero-order valence-electron chi connectivity index (χ0n) is 14.6. The lowest BCUT2D eigenvalue weighted by Gasteiger charge is -2.17. The van der Waals surface area contributed by atoms with E-state index in [2.05, 4.69) is 18.3 Å². The van der Waals surface area contributed by atoms with Crippen molar-refractivity contribution in [3.63, 3.8) is 0 Å². The SMILES string of the molecule is COc1ccc(CCC(=O)Nc2sc3c(c2C#N)CCC(C)C3)cc1. The first-order valence-electron chi connectivity index (χ1n) is 8.58. The van der Waals surface area contributed by atoms with Crippen molar-refractivity contribution in [2.24, 2.45) is 5.92 Å². The predicted octanol–water partition coefficient (Wildman–Crippen LogP) is 4.32. The zero-order valence-corrected chi connectivity index (χ0v) is 15.4. The zero-order chi connectivity index (χ0) is 17.8. The molecule has 0 fully saturated rings. The Kier molecular flexibility index (Phi) is 5.40. The lowest BCUT2D eigenvalue weighted by Crippen LogP contribution is -2.12. The average Bonchev–Trinajstić information content (AvgIpc) is 2.96. The van der Waals surface area contributed by atoms with Crippen LogP contribution >= 0.6 is 11.3 Å². The lowest BCUT2D eigenvalue weighted by atomic mass is 9.88. The molecule has 130 valence electrons. The fourth-order valence-electron chi connectivity index (χ4n) is 3.20. The highest BCUT2D eigenvalue weighted by molar-refractivity contribution is 7.16. The summed E-state index contributed by atoms with van der Waals surface area (Å²) in [5.74, 6) is 1.42. The molecule has 4 nitrogen and oxygen atoms in total. The predicted molar refractivity (Wildman–Crippen MR) is 100 cm³/mol. The number of hydrogen-bond acceptors (Lipinski definition) is 4. The maximum absolute atomic E-state index is 12.3. The smallest absolute Gasteiger partial charge is 0.225 e. The summed E-state index contributed by atoms with van der Waals surface area (Å²) < 4.78 is 5.14. The number of amides is 1. The van der Waals surface area contributed by atoms with Gasteiger partial charge in [0, 0.05) is 11.3 Å². The molecule has 5 heteroatoms. The number of nitriles is 1. The fraction of sp³-hybridized carbons (Fsp3) is 0.400. The van der Waals surface area contributed by atoms with Crippen LogP contribution in [0.15, 0.2) is 24.3 Å². The van der Waals surface area contributed by atoms with Crippen molar-refractivity contribution in [2.75, 3.05) is 12.4 Å². The van der Waals surface area contributed by atoms with E-state index in [0.717, 1.165) is 41.1 Å². The van der Waals surface area contributed by atoms with Crippen molar-refractivity contribution in [2.45, 2.75) is 39.0 Å². The van der Waals surface area contributed by atoms with Gasteiger partial charge in [-0.15, -0.1) is 11.3 Å². The maximum atomic E-state index is 12.3. The molecule has 1 unspecified atom stereocenters. The van der Waals surface area contributed by atoms with Gasteiger partial charge in [-0.05, 0) is 54.9 Å². The summed E-state index contributed by atoms with van der Waals surface area (Å²) in [6.07, 6.45) is 4.13. The van der Waals surface area contributed by atoms with E-state index in [4.69, 9.17) is 4.74 Å². The normalized spacial score (nSPS) is 16.0. The molecule has 1 atom stereocenters. The number of nitrogens with zero attached hydrogens (tertiary/aromatic N) is 1. The summed E-state index contributed by atoms with van der Waals surface area (Å²) >= 11 is 1.57. The number of fused-ring (bicyclic) bond motifs is 1. The van der Waals surface area contributed by atoms with E-state index in [9.17, 15) is 10.1 Å². The largest absolute Gasteiger partial charge is 0.497 e. The van der Waals surface area contributed by atoms with Crippen molar-refractivity contribution in [3.05, 3.63) is 45.8 Å². The Labute approximate surface area is 152 Å². The van der Waals surface area contributed by atoms with E-state index in [1.807, 2.05) is 24.3 Å². The molecule has 1 heterocycles. The van der Waals surface area contributed by atoms with Gasteiger partial charge in [0.25, 0.3) is 0 Å². The number of hydrogen-bond donors (Lipinski definition) is 1. The molecule has 0 saturated carbocycles. The van der Waals surface area contributed by atoms with Gasteiger partial charge in [-0.3, -0.25) is 4.79 Å². The summed E-state index contributed by atoms with van der Waals surface area (Å²) in [6.45, 7) is 2.24. The van der Waals surface area contributed by atoms with Gasteiger partial charge in [-0.2, -0.15) is 5.26 Å². The van der Waals surface area contributed by atoms with Gasteiger partial charge in [0.2, 0.25) is 5.91 Å². The Bertz CT molecular complexity index is 802. The van der Waals surface area contributed by atoms with Crippen LogP contribution in [0.25, 0.3) is 0 Å². The number of anilines is 1. The van der Waals surface area contributed by atoms with Crippen LogP contribution < -0.4 is 10.1 Å². The molecule has 1 aliphatic carbocycles. The molecular formula is C20H22N2O2S. The van der Waals surface area contributed by atoms with Gasteiger partial charge in [0.05, 0.1) is 12.7 Å². The van der Waals surface area contributed by atoms with Crippen LogP contribution in [0.1, 0.15) is 41.3 Å². The highest BCUT2D eigenvalue weighted by Crippen LogP contribution is 2.39. The van der Waals surface area contributed by atoms with Crippen LogP contribution in [0, 0.1) is 17.2 Å². The van der Waals surface area contributed by atoms with Crippen LogP contribution in [-0.4, -0.2) is 13.0 Å².